The number of aryl methyl sites for hydroxylation is 1. The Bertz CT molecular complexity index is 708. The number of hydrogen-bond acceptors (Lipinski definition) is 4. The lowest BCUT2D eigenvalue weighted by atomic mass is 9.78. The minimum Gasteiger partial charge on any atom is -0.507 e. The topological polar surface area (TPSA) is 46.5 Å². The summed E-state index contributed by atoms with van der Waals surface area (Å²) in [5.74, 6) is 1.29. The van der Waals surface area contributed by atoms with Crippen LogP contribution in [0, 0.1) is 0 Å². The molecular formula is C31H54O3S. The largest absolute Gasteiger partial charge is 0.507 e. The number of carbonyl (C=O) groups excluding carboxylic acids is 1. The second kappa shape index (κ2) is 15.8. The van der Waals surface area contributed by atoms with Gasteiger partial charge < -0.3 is 9.84 Å². The highest BCUT2D eigenvalue weighted by molar-refractivity contribution is 7.99. The van der Waals surface area contributed by atoms with Crippen LogP contribution in [0.15, 0.2) is 12.1 Å². The molecule has 0 aliphatic heterocycles. The fourth-order valence-corrected chi connectivity index (χ4v) is 5.22. The van der Waals surface area contributed by atoms with Crippen molar-refractivity contribution in [2.45, 2.75) is 149 Å². The molecule has 1 unspecified atom stereocenters. The van der Waals surface area contributed by atoms with Gasteiger partial charge in [0.15, 0.2) is 0 Å². The molecule has 0 bridgehead atoms. The Morgan fingerprint density at radius 1 is 0.857 bits per heavy atom. The summed E-state index contributed by atoms with van der Waals surface area (Å²) < 4.78 is 5.66. The monoisotopic (exact) mass is 506 g/mol. The first-order chi connectivity index (χ1) is 16.4. The van der Waals surface area contributed by atoms with Crippen molar-refractivity contribution in [3.63, 3.8) is 0 Å². The molecule has 0 aliphatic rings. The number of ether oxygens (including phenoxy) is 1. The molecule has 4 heteroatoms. The average Bonchev–Trinajstić information content (AvgIpc) is 2.75. The zero-order valence-electron chi connectivity index (χ0n) is 24.1. The first kappa shape index (κ1) is 31.9. The minimum absolute atomic E-state index is 0.101. The zero-order chi connectivity index (χ0) is 26.5. The first-order valence-corrected chi connectivity index (χ1v) is 15.1. The van der Waals surface area contributed by atoms with Crippen molar-refractivity contribution in [2.75, 3.05) is 5.75 Å². The predicted molar refractivity (Wildman–Crippen MR) is 154 cm³/mol. The third kappa shape index (κ3) is 13.1. The number of hydrogen-bond donors (Lipinski definition) is 1. The second-order valence-electron chi connectivity index (χ2n) is 12.1. The Balaban J connectivity index is 2.37. The van der Waals surface area contributed by atoms with Gasteiger partial charge in [-0.3, -0.25) is 4.79 Å². The fourth-order valence-electron chi connectivity index (χ4n) is 4.35. The highest BCUT2D eigenvalue weighted by atomic mass is 32.2. The summed E-state index contributed by atoms with van der Waals surface area (Å²) in [5, 5.41) is 10.9. The van der Waals surface area contributed by atoms with Gasteiger partial charge in [-0.25, -0.2) is 0 Å². The van der Waals surface area contributed by atoms with Gasteiger partial charge in [-0.15, -0.1) is 11.8 Å². The molecule has 1 aromatic carbocycles. The molecule has 0 amide bonds. The molecule has 0 aromatic heterocycles. The lowest BCUT2D eigenvalue weighted by Crippen LogP contribution is -2.18. The Morgan fingerprint density at radius 3 is 1.77 bits per heavy atom. The van der Waals surface area contributed by atoms with Crippen LogP contribution in [0.4, 0.5) is 0 Å². The van der Waals surface area contributed by atoms with E-state index in [1.807, 2.05) is 6.92 Å². The van der Waals surface area contributed by atoms with Crippen LogP contribution in [0.25, 0.3) is 0 Å². The smallest absolute Gasteiger partial charge is 0.307 e. The normalized spacial score (nSPS) is 13.1. The lowest BCUT2D eigenvalue weighted by Gasteiger charge is -2.28. The Morgan fingerprint density at radius 2 is 1.31 bits per heavy atom. The molecule has 1 N–H and O–H groups in total. The molecule has 0 fully saturated rings. The van der Waals surface area contributed by atoms with Crippen LogP contribution in [0.5, 0.6) is 5.75 Å². The maximum Gasteiger partial charge on any atom is 0.307 e. The van der Waals surface area contributed by atoms with E-state index < -0.39 is 0 Å². The number of rotatable bonds is 16. The van der Waals surface area contributed by atoms with E-state index >= 15 is 0 Å². The summed E-state index contributed by atoms with van der Waals surface area (Å²) in [5.41, 5.74) is 2.53. The summed E-state index contributed by atoms with van der Waals surface area (Å²) in [4.78, 5) is 12.5. The van der Waals surface area contributed by atoms with Gasteiger partial charge in [0.25, 0.3) is 0 Å². The molecule has 35 heavy (non-hydrogen) atoms. The SMILES string of the molecule is CCCCCCCCCCCCSC(C)OC(=O)CCc1cc(C(C)(C)C)c(O)c(C(C)(C)C)c1. The number of benzene rings is 1. The summed E-state index contributed by atoms with van der Waals surface area (Å²) in [7, 11) is 0. The molecule has 0 aliphatic carbocycles. The van der Waals surface area contributed by atoms with Crippen molar-refractivity contribution < 1.29 is 14.6 Å². The van der Waals surface area contributed by atoms with E-state index in [-0.39, 0.29) is 22.2 Å². The van der Waals surface area contributed by atoms with Crippen LogP contribution in [-0.4, -0.2) is 22.3 Å². The first-order valence-electron chi connectivity index (χ1n) is 14.0. The summed E-state index contributed by atoms with van der Waals surface area (Å²) >= 11 is 1.74. The van der Waals surface area contributed by atoms with E-state index in [2.05, 4.69) is 60.6 Å². The standard InChI is InChI=1S/C31H54O3S/c1-9-10-11-12-13-14-15-16-17-18-21-35-24(2)34-28(32)20-19-25-22-26(30(3,4)5)29(33)27(23-25)31(6,7)8/h22-24,33H,9-21H2,1-8H3. The van der Waals surface area contributed by atoms with E-state index in [9.17, 15) is 9.90 Å². The van der Waals surface area contributed by atoms with Crippen molar-refractivity contribution in [1.82, 2.24) is 0 Å². The second-order valence-corrected chi connectivity index (χ2v) is 13.6. The molecule has 0 saturated heterocycles. The number of phenols is 1. The number of aromatic hydroxyl groups is 1. The van der Waals surface area contributed by atoms with Crippen molar-refractivity contribution in [1.29, 1.82) is 0 Å². The van der Waals surface area contributed by atoms with Gasteiger partial charge in [0, 0.05) is 6.42 Å². The maximum absolute atomic E-state index is 12.5. The number of esters is 1. The van der Waals surface area contributed by atoms with Gasteiger partial charge >= 0.3 is 5.97 Å². The molecule has 1 atom stereocenters. The molecule has 0 heterocycles. The van der Waals surface area contributed by atoms with Crippen molar-refractivity contribution in [3.05, 3.63) is 28.8 Å². The molecule has 1 rings (SSSR count). The molecule has 0 spiro atoms. The molecule has 202 valence electrons. The maximum atomic E-state index is 12.5. The number of thioether (sulfide) groups is 1. The Kier molecular flexibility index (Phi) is 14.4. The highest BCUT2D eigenvalue weighted by Crippen LogP contribution is 2.40. The number of unbranched alkanes of at least 4 members (excludes halogenated alkanes) is 9. The molecule has 1 aromatic rings. The van der Waals surface area contributed by atoms with E-state index in [1.54, 1.807) is 11.8 Å². The quantitative estimate of drug-likeness (QED) is 0.138. The van der Waals surface area contributed by atoms with E-state index in [1.165, 1.54) is 64.2 Å². The van der Waals surface area contributed by atoms with Crippen LogP contribution in [0.1, 0.15) is 143 Å². The third-order valence-corrected chi connectivity index (χ3v) is 7.64. The van der Waals surface area contributed by atoms with Crippen molar-refractivity contribution >= 4 is 17.7 Å². The number of carbonyl (C=O) groups is 1. The van der Waals surface area contributed by atoms with E-state index in [0.29, 0.717) is 18.6 Å². The van der Waals surface area contributed by atoms with Crippen molar-refractivity contribution in [2.24, 2.45) is 0 Å². The lowest BCUT2D eigenvalue weighted by molar-refractivity contribution is -0.144. The highest BCUT2D eigenvalue weighted by Gasteiger charge is 2.26. The predicted octanol–water partition coefficient (Wildman–Crippen LogP) is 9.46. The van der Waals surface area contributed by atoms with Crippen LogP contribution in [-0.2, 0) is 26.8 Å². The molecule has 0 radical (unpaired) electrons. The average molecular weight is 507 g/mol. The zero-order valence-corrected chi connectivity index (χ0v) is 24.9. The summed E-state index contributed by atoms with van der Waals surface area (Å²) in [6.07, 6.45) is 14.4. The number of phenolic OH excluding ortho intramolecular Hbond substituents is 1. The Labute approximate surface area is 221 Å². The van der Waals surface area contributed by atoms with Gasteiger partial charge in [-0.05, 0) is 53.0 Å². The Hall–Kier alpha value is -1.16. The van der Waals surface area contributed by atoms with E-state index in [0.717, 1.165) is 22.4 Å². The van der Waals surface area contributed by atoms with Gasteiger partial charge in [-0.2, -0.15) is 0 Å². The molecule has 3 nitrogen and oxygen atoms in total. The molecule has 0 saturated carbocycles. The van der Waals surface area contributed by atoms with Gasteiger partial charge in [0.05, 0.1) is 0 Å². The molecular weight excluding hydrogens is 452 g/mol. The van der Waals surface area contributed by atoms with Gasteiger partial charge in [0.1, 0.15) is 11.2 Å². The van der Waals surface area contributed by atoms with Crippen LogP contribution in [0.2, 0.25) is 0 Å². The third-order valence-electron chi connectivity index (χ3n) is 6.55. The van der Waals surface area contributed by atoms with Crippen molar-refractivity contribution in [3.8, 4) is 5.75 Å². The summed E-state index contributed by atoms with van der Waals surface area (Å²) in [6.45, 7) is 16.9. The fraction of sp³-hybridized carbons (Fsp3) is 0.774. The van der Waals surface area contributed by atoms with Crippen LogP contribution < -0.4 is 0 Å². The van der Waals surface area contributed by atoms with Crippen LogP contribution >= 0.6 is 11.8 Å². The van der Waals surface area contributed by atoms with Gasteiger partial charge in [0.2, 0.25) is 0 Å². The van der Waals surface area contributed by atoms with E-state index in [4.69, 9.17) is 4.74 Å². The summed E-state index contributed by atoms with van der Waals surface area (Å²) in [6, 6.07) is 4.11. The minimum atomic E-state index is -0.166. The van der Waals surface area contributed by atoms with Gasteiger partial charge in [-0.1, -0.05) is 118 Å². The van der Waals surface area contributed by atoms with Crippen LogP contribution in [0.3, 0.4) is 0 Å².